The molecular formula is C49H66N2O10. The average molecular weight is 843 g/mol. The van der Waals surface area contributed by atoms with Crippen LogP contribution in [0.15, 0.2) is 96.1 Å². The third-order valence-corrected chi connectivity index (χ3v) is 9.70. The van der Waals surface area contributed by atoms with Crippen LogP contribution in [-0.2, 0) is 33.3 Å². The lowest BCUT2D eigenvalue weighted by Gasteiger charge is -2.29. The van der Waals surface area contributed by atoms with Gasteiger partial charge in [0.15, 0.2) is 18.8 Å². The number of amides is 1. The molecule has 0 spiro atoms. The molecule has 1 aliphatic heterocycles. The molecule has 0 N–H and O–H groups in total. The zero-order chi connectivity index (χ0) is 44.2. The van der Waals surface area contributed by atoms with E-state index in [9.17, 15) is 14.4 Å². The smallest absolute Gasteiger partial charge is 0.415 e. The van der Waals surface area contributed by atoms with Gasteiger partial charge in [0.1, 0.15) is 17.5 Å². The van der Waals surface area contributed by atoms with Crippen LogP contribution in [0.25, 0.3) is 0 Å². The number of Topliss-reactive ketones (excluding diaryl/α,β-unsaturated/α-hetero) is 1. The van der Waals surface area contributed by atoms with Crippen LogP contribution < -0.4 is 9.47 Å². The minimum atomic E-state index is -1.21. The van der Waals surface area contributed by atoms with Crippen molar-refractivity contribution in [2.45, 2.75) is 105 Å². The Kier molecular flexibility index (Phi) is 23.8. The largest absolute Gasteiger partial charge is 0.497 e. The molecule has 0 radical (unpaired) electrons. The van der Waals surface area contributed by atoms with Crippen molar-refractivity contribution in [2.75, 3.05) is 47.4 Å². The van der Waals surface area contributed by atoms with E-state index >= 15 is 0 Å². The summed E-state index contributed by atoms with van der Waals surface area (Å²) in [5.41, 5.74) is 4.06. The number of aliphatic imine (C=N–C) groups is 1. The van der Waals surface area contributed by atoms with Crippen molar-refractivity contribution < 1.29 is 47.5 Å². The van der Waals surface area contributed by atoms with Crippen LogP contribution in [0.1, 0.15) is 99.3 Å². The van der Waals surface area contributed by atoms with E-state index in [1.807, 2.05) is 45.0 Å². The summed E-state index contributed by atoms with van der Waals surface area (Å²) in [7, 11) is 3.16. The fourth-order valence-electron chi connectivity index (χ4n) is 6.22. The number of aryl methyl sites for hydroxylation is 2. The lowest BCUT2D eigenvalue weighted by molar-refractivity contribution is -0.167. The molecule has 1 fully saturated rings. The number of ether oxygens (including phenoxy) is 7. The summed E-state index contributed by atoms with van der Waals surface area (Å²) in [5.74, 6) is 0.367. The lowest BCUT2D eigenvalue weighted by Crippen LogP contribution is -2.45. The number of rotatable bonds is 27. The first-order chi connectivity index (χ1) is 29.6. The average Bonchev–Trinajstić information content (AvgIpc) is 3.69. The van der Waals surface area contributed by atoms with Crippen LogP contribution in [0.2, 0.25) is 0 Å². The van der Waals surface area contributed by atoms with Gasteiger partial charge in [-0.2, -0.15) is 0 Å². The van der Waals surface area contributed by atoms with Crippen LogP contribution in [0, 0.1) is 20.8 Å². The summed E-state index contributed by atoms with van der Waals surface area (Å²) in [4.78, 5) is 46.0. The van der Waals surface area contributed by atoms with Crippen molar-refractivity contribution in [3.05, 3.63) is 119 Å². The molecule has 3 unspecified atom stereocenters. The molecule has 3 atom stereocenters. The van der Waals surface area contributed by atoms with Gasteiger partial charge in [-0.25, -0.2) is 4.79 Å². The van der Waals surface area contributed by atoms with Gasteiger partial charge in [-0.3, -0.25) is 19.5 Å². The van der Waals surface area contributed by atoms with E-state index in [2.05, 4.69) is 66.6 Å². The summed E-state index contributed by atoms with van der Waals surface area (Å²) >= 11 is 0. The van der Waals surface area contributed by atoms with Crippen molar-refractivity contribution in [1.29, 1.82) is 0 Å². The topological polar surface area (TPSA) is 131 Å². The van der Waals surface area contributed by atoms with Gasteiger partial charge in [0.25, 0.3) is 0 Å². The van der Waals surface area contributed by atoms with Crippen LogP contribution in [0.5, 0.6) is 11.5 Å². The summed E-state index contributed by atoms with van der Waals surface area (Å²) in [6.45, 7) is 9.90. The Bertz CT molecular complexity index is 1850. The van der Waals surface area contributed by atoms with E-state index in [0.29, 0.717) is 48.7 Å². The zero-order valence-electron chi connectivity index (χ0n) is 37.1. The van der Waals surface area contributed by atoms with Gasteiger partial charge < -0.3 is 33.2 Å². The van der Waals surface area contributed by atoms with E-state index in [4.69, 9.17) is 33.2 Å². The van der Waals surface area contributed by atoms with Crippen LogP contribution in [0.4, 0.5) is 4.79 Å². The van der Waals surface area contributed by atoms with Gasteiger partial charge in [0.2, 0.25) is 6.29 Å². The quantitative estimate of drug-likeness (QED) is 0.0282. The first kappa shape index (κ1) is 50.1. The number of esters is 1. The molecule has 2 aromatic carbocycles. The number of hydrogen-bond acceptors (Lipinski definition) is 11. The van der Waals surface area contributed by atoms with Gasteiger partial charge in [-0.1, -0.05) is 79.8 Å². The Morgan fingerprint density at radius 1 is 0.852 bits per heavy atom. The maximum Gasteiger partial charge on any atom is 0.415 e. The Morgan fingerprint density at radius 2 is 1.52 bits per heavy atom. The fraction of sp³-hybridized carbons (Fsp3) is 0.469. The number of carbonyl (C=O) groups is 3. The molecule has 1 saturated heterocycles. The molecule has 12 nitrogen and oxygen atoms in total. The minimum absolute atomic E-state index is 0.0227. The molecule has 1 aliphatic rings. The molecule has 61 heavy (non-hydrogen) atoms. The molecule has 2 aromatic rings. The minimum Gasteiger partial charge on any atom is -0.497 e. The molecule has 332 valence electrons. The van der Waals surface area contributed by atoms with Crippen molar-refractivity contribution in [3.8, 4) is 11.5 Å². The number of allylic oxidation sites excluding steroid dienone is 10. The number of nitrogens with zero attached hydrogens (tertiary/aromatic N) is 2. The zero-order valence-corrected chi connectivity index (χ0v) is 37.1. The Balaban J connectivity index is 1.55. The van der Waals surface area contributed by atoms with E-state index in [1.54, 1.807) is 32.6 Å². The monoisotopic (exact) mass is 842 g/mol. The molecule has 1 amide bonds. The molecule has 1 heterocycles. The molecule has 0 bridgehead atoms. The normalized spacial score (nSPS) is 16.3. The van der Waals surface area contributed by atoms with Crippen LogP contribution in [-0.4, -0.2) is 88.7 Å². The maximum absolute atomic E-state index is 13.8. The summed E-state index contributed by atoms with van der Waals surface area (Å²) in [6.07, 6.45) is 26.1. The van der Waals surface area contributed by atoms with Crippen molar-refractivity contribution in [3.63, 3.8) is 0 Å². The standard InChI is InChI=1S/C49H66N2O10/c1-8-9-10-11-12-13-14-15-16-17-18-19-20-21-22-23-24-25-46(53)60-40(5)61-49(54)51-44(35-58-48(51)43-29-28-42(56-7)32-38(43)3)45(52)34-50-33-41-27-26-37(2)39(4)47(41)59-36-57-31-30-55-6/h9-10,12-13,15-16,18-19,21-22,26-29,32-33,40,44,48H,8,11,14,17,20,23-25,30-31,34-36H2,1-7H3/b10-9-,13-12-,16-15-,19-18-,22-21-,50-33?. The highest BCUT2D eigenvalue weighted by molar-refractivity contribution is 5.92. The number of hydrogen-bond donors (Lipinski definition) is 0. The Morgan fingerprint density at radius 3 is 2.16 bits per heavy atom. The van der Waals surface area contributed by atoms with Gasteiger partial charge in [0, 0.05) is 37.8 Å². The first-order valence-electron chi connectivity index (χ1n) is 21.1. The number of unbranched alkanes of at least 4 members (excludes halogenated alkanes) is 1. The highest BCUT2D eigenvalue weighted by Gasteiger charge is 2.44. The predicted octanol–water partition coefficient (Wildman–Crippen LogP) is 9.95. The molecule has 3 rings (SSSR count). The summed E-state index contributed by atoms with van der Waals surface area (Å²) < 4.78 is 39.0. The Labute approximate surface area is 362 Å². The van der Waals surface area contributed by atoms with Crippen LogP contribution in [0.3, 0.4) is 0 Å². The van der Waals surface area contributed by atoms with E-state index in [0.717, 1.165) is 48.8 Å². The second kappa shape index (κ2) is 29.0. The number of benzene rings is 2. The predicted molar refractivity (Wildman–Crippen MR) is 239 cm³/mol. The Hall–Kier alpha value is -5.30. The maximum atomic E-state index is 13.8. The van der Waals surface area contributed by atoms with Gasteiger partial charge >= 0.3 is 12.1 Å². The fourth-order valence-corrected chi connectivity index (χ4v) is 6.22. The third kappa shape index (κ3) is 18.1. The highest BCUT2D eigenvalue weighted by Crippen LogP contribution is 2.35. The molecule has 0 saturated carbocycles. The van der Waals surface area contributed by atoms with Gasteiger partial charge in [0.05, 0.1) is 33.5 Å². The number of carbonyl (C=O) groups excluding carboxylic acids is 3. The van der Waals surface area contributed by atoms with E-state index < -0.39 is 30.6 Å². The van der Waals surface area contributed by atoms with Crippen molar-refractivity contribution in [1.82, 2.24) is 4.90 Å². The second-order valence-electron chi connectivity index (χ2n) is 14.4. The van der Waals surface area contributed by atoms with E-state index in [-0.39, 0.29) is 32.1 Å². The van der Waals surface area contributed by atoms with E-state index in [1.165, 1.54) is 11.8 Å². The molecule has 12 heteroatoms. The number of methoxy groups -OCH3 is 2. The van der Waals surface area contributed by atoms with Crippen molar-refractivity contribution >= 4 is 24.1 Å². The van der Waals surface area contributed by atoms with Crippen LogP contribution >= 0.6 is 0 Å². The van der Waals surface area contributed by atoms with Gasteiger partial charge in [-0.15, -0.1) is 0 Å². The first-order valence-corrected chi connectivity index (χ1v) is 21.1. The number of ketones is 1. The third-order valence-electron chi connectivity index (χ3n) is 9.70. The SMILES string of the molecule is CC/C=C\C/C=C\C/C=C\C/C=C\C/C=C\CCCC(=O)OC(C)OC(=O)N1C(C(=O)CN=Cc2ccc(C)c(C)c2OCOCCOC)COC1c1ccc(OC)cc1C. The summed E-state index contributed by atoms with van der Waals surface area (Å²) in [6, 6.07) is 8.14. The summed E-state index contributed by atoms with van der Waals surface area (Å²) in [5, 5.41) is 0. The van der Waals surface area contributed by atoms with Crippen molar-refractivity contribution in [2.24, 2.45) is 4.99 Å². The molecule has 0 aromatic heterocycles. The molecular weight excluding hydrogens is 777 g/mol. The highest BCUT2D eigenvalue weighted by atomic mass is 16.7. The lowest BCUT2D eigenvalue weighted by atomic mass is 10.0. The molecule has 0 aliphatic carbocycles. The van der Waals surface area contributed by atoms with Gasteiger partial charge in [-0.05, 0) is 101 Å². The second-order valence-corrected chi connectivity index (χ2v) is 14.4.